The summed E-state index contributed by atoms with van der Waals surface area (Å²) < 4.78 is 17.7. The zero-order valence-electron chi connectivity index (χ0n) is 12.9. The number of rotatable bonds is 2. The molecule has 0 atom stereocenters. The van der Waals surface area contributed by atoms with Crippen LogP contribution in [-0.2, 0) is 15.7 Å². The van der Waals surface area contributed by atoms with E-state index >= 15 is 0 Å². The molecule has 0 spiro atoms. The fourth-order valence-electron chi connectivity index (χ4n) is 2.72. The molecule has 2 aliphatic rings. The molecule has 1 aromatic carbocycles. The average Bonchev–Trinajstić information content (AvgIpc) is 2.90. The van der Waals surface area contributed by atoms with Crippen LogP contribution in [0.2, 0.25) is 0 Å². The third-order valence-corrected chi connectivity index (χ3v) is 4.69. The van der Waals surface area contributed by atoms with E-state index in [1.54, 1.807) is 7.11 Å². The number of benzene rings is 1. The highest BCUT2D eigenvalue weighted by Crippen LogP contribution is 2.38. The van der Waals surface area contributed by atoms with Gasteiger partial charge in [0.1, 0.15) is 5.75 Å². The smallest absolute Gasteiger partial charge is 0.495 e. The van der Waals surface area contributed by atoms with E-state index in [0.717, 1.165) is 29.9 Å². The molecule has 4 nitrogen and oxygen atoms in total. The Morgan fingerprint density at radius 1 is 1.15 bits per heavy atom. The van der Waals surface area contributed by atoms with Crippen molar-refractivity contribution in [3.63, 3.8) is 0 Å². The monoisotopic (exact) mass is 275 g/mol. The zero-order chi connectivity index (χ0) is 14.5. The summed E-state index contributed by atoms with van der Waals surface area (Å²) in [6.45, 7) is 9.25. The van der Waals surface area contributed by atoms with Gasteiger partial charge < -0.3 is 19.4 Å². The van der Waals surface area contributed by atoms with E-state index < -0.39 is 0 Å². The first kappa shape index (κ1) is 13.8. The fraction of sp³-hybridized carbons (Fsp3) is 0.600. The van der Waals surface area contributed by atoms with Crippen LogP contribution in [0.5, 0.6) is 5.75 Å². The molecule has 20 heavy (non-hydrogen) atoms. The summed E-state index contributed by atoms with van der Waals surface area (Å²) in [4.78, 5) is 0. The van der Waals surface area contributed by atoms with Crippen LogP contribution in [0.3, 0.4) is 0 Å². The molecule has 1 fully saturated rings. The highest BCUT2D eigenvalue weighted by atomic mass is 16.7. The Bertz CT molecular complexity index is 526. The number of anilines is 1. The molecule has 0 aliphatic carbocycles. The predicted molar refractivity (Wildman–Crippen MR) is 80.9 cm³/mol. The summed E-state index contributed by atoms with van der Waals surface area (Å²) in [7, 11) is 1.36. The number of ether oxygens (including phenoxy) is 1. The Hall–Kier alpha value is -1.20. The van der Waals surface area contributed by atoms with Gasteiger partial charge in [-0.15, -0.1) is 0 Å². The third kappa shape index (κ3) is 2.00. The maximum Gasteiger partial charge on any atom is 0.495 e. The number of methoxy groups -OCH3 is 1. The maximum atomic E-state index is 6.17. The first-order valence-corrected chi connectivity index (χ1v) is 7.14. The van der Waals surface area contributed by atoms with Crippen LogP contribution in [-0.4, -0.2) is 32.0 Å². The molecular formula is C15H22BNO3. The lowest BCUT2D eigenvalue weighted by atomic mass is 9.75. The second-order valence-corrected chi connectivity index (χ2v) is 6.51. The number of fused-ring (bicyclic) bond motifs is 1. The normalized spacial score (nSPS) is 22.6. The standard InChI is InChI=1S/C15H22BNO3/c1-14(2)15(3,4)20-16(19-14)12-8-10(18-5)9-13-11(12)6-7-17-13/h8-9,17H,6-7H2,1-5H3. The summed E-state index contributed by atoms with van der Waals surface area (Å²) in [6.07, 6.45) is 0.999. The van der Waals surface area contributed by atoms with Crippen molar-refractivity contribution in [3.8, 4) is 5.75 Å². The molecule has 5 heteroatoms. The van der Waals surface area contributed by atoms with Crippen molar-refractivity contribution in [2.45, 2.75) is 45.3 Å². The SMILES string of the molecule is COc1cc2c(c(B3OC(C)(C)C(C)(C)O3)c1)CCN2. The number of hydrogen-bond donors (Lipinski definition) is 1. The largest absolute Gasteiger partial charge is 0.497 e. The van der Waals surface area contributed by atoms with Gasteiger partial charge in [-0.2, -0.15) is 0 Å². The van der Waals surface area contributed by atoms with Gasteiger partial charge in [0.2, 0.25) is 0 Å². The summed E-state index contributed by atoms with van der Waals surface area (Å²) in [5.41, 5.74) is 2.86. The molecule has 1 saturated heterocycles. The Kier molecular flexibility index (Phi) is 3.03. The van der Waals surface area contributed by atoms with Gasteiger partial charge in [-0.3, -0.25) is 0 Å². The summed E-state index contributed by atoms with van der Waals surface area (Å²) >= 11 is 0. The zero-order valence-corrected chi connectivity index (χ0v) is 12.9. The predicted octanol–water partition coefficient (Wildman–Crippen LogP) is 1.96. The fourth-order valence-corrected chi connectivity index (χ4v) is 2.72. The van der Waals surface area contributed by atoms with Crippen LogP contribution in [0.25, 0.3) is 0 Å². The molecule has 0 aromatic heterocycles. The van der Waals surface area contributed by atoms with Crippen LogP contribution in [0, 0.1) is 0 Å². The average molecular weight is 275 g/mol. The molecule has 0 saturated carbocycles. The minimum absolute atomic E-state index is 0.320. The molecular weight excluding hydrogens is 253 g/mol. The van der Waals surface area contributed by atoms with Gasteiger partial charge in [-0.1, -0.05) is 0 Å². The molecule has 3 rings (SSSR count). The van der Waals surface area contributed by atoms with Gasteiger partial charge >= 0.3 is 7.12 Å². The lowest BCUT2D eigenvalue weighted by Crippen LogP contribution is -2.41. The van der Waals surface area contributed by atoms with Gasteiger partial charge in [0, 0.05) is 18.3 Å². The lowest BCUT2D eigenvalue weighted by Gasteiger charge is -2.32. The van der Waals surface area contributed by atoms with E-state index in [-0.39, 0.29) is 18.3 Å². The quantitative estimate of drug-likeness (QED) is 0.838. The van der Waals surface area contributed by atoms with E-state index in [4.69, 9.17) is 14.0 Å². The van der Waals surface area contributed by atoms with E-state index in [9.17, 15) is 0 Å². The van der Waals surface area contributed by atoms with E-state index in [2.05, 4.69) is 33.0 Å². The Balaban J connectivity index is 2.02. The molecule has 108 valence electrons. The molecule has 0 amide bonds. The second-order valence-electron chi connectivity index (χ2n) is 6.51. The van der Waals surface area contributed by atoms with Gasteiger partial charge in [0.05, 0.1) is 18.3 Å². The van der Waals surface area contributed by atoms with Crippen molar-refractivity contribution >= 4 is 18.3 Å². The van der Waals surface area contributed by atoms with Crippen molar-refractivity contribution < 1.29 is 14.0 Å². The molecule has 1 N–H and O–H groups in total. The van der Waals surface area contributed by atoms with Crippen LogP contribution in [0.1, 0.15) is 33.3 Å². The summed E-state index contributed by atoms with van der Waals surface area (Å²) in [5, 5.41) is 3.39. The van der Waals surface area contributed by atoms with E-state index in [1.807, 2.05) is 12.1 Å². The minimum Gasteiger partial charge on any atom is -0.497 e. The van der Waals surface area contributed by atoms with Crippen molar-refractivity contribution in [2.75, 3.05) is 19.0 Å². The molecule has 0 bridgehead atoms. The molecule has 1 aromatic rings. The van der Waals surface area contributed by atoms with Crippen molar-refractivity contribution in [3.05, 3.63) is 17.7 Å². The maximum absolute atomic E-state index is 6.17. The van der Waals surface area contributed by atoms with E-state index in [1.165, 1.54) is 5.56 Å². The van der Waals surface area contributed by atoms with Crippen molar-refractivity contribution in [1.82, 2.24) is 0 Å². The molecule has 2 aliphatic heterocycles. The van der Waals surface area contributed by atoms with Crippen molar-refractivity contribution in [1.29, 1.82) is 0 Å². The van der Waals surface area contributed by atoms with Gasteiger partial charge in [-0.25, -0.2) is 0 Å². The van der Waals surface area contributed by atoms with Crippen LogP contribution >= 0.6 is 0 Å². The summed E-state index contributed by atoms with van der Waals surface area (Å²) in [6, 6.07) is 4.07. The number of nitrogens with one attached hydrogen (secondary N) is 1. The minimum atomic E-state index is -0.330. The van der Waals surface area contributed by atoms with E-state index in [0.29, 0.717) is 0 Å². The topological polar surface area (TPSA) is 39.7 Å². The Labute approximate surface area is 120 Å². The van der Waals surface area contributed by atoms with Gasteiger partial charge in [-0.05, 0) is 51.2 Å². The Morgan fingerprint density at radius 2 is 1.80 bits per heavy atom. The Morgan fingerprint density at radius 3 is 2.40 bits per heavy atom. The number of hydrogen-bond acceptors (Lipinski definition) is 4. The molecule has 0 unspecified atom stereocenters. The van der Waals surface area contributed by atoms with Gasteiger partial charge in [0.15, 0.2) is 0 Å². The highest BCUT2D eigenvalue weighted by Gasteiger charge is 2.52. The van der Waals surface area contributed by atoms with Crippen LogP contribution < -0.4 is 15.5 Å². The van der Waals surface area contributed by atoms with Crippen LogP contribution in [0.4, 0.5) is 5.69 Å². The third-order valence-electron chi connectivity index (χ3n) is 4.69. The molecule has 2 heterocycles. The first-order valence-electron chi connectivity index (χ1n) is 7.14. The highest BCUT2D eigenvalue weighted by molar-refractivity contribution is 6.63. The lowest BCUT2D eigenvalue weighted by molar-refractivity contribution is 0.00578. The second kappa shape index (κ2) is 4.40. The van der Waals surface area contributed by atoms with Crippen molar-refractivity contribution in [2.24, 2.45) is 0 Å². The molecule has 0 radical (unpaired) electrons. The van der Waals surface area contributed by atoms with Crippen LogP contribution in [0.15, 0.2) is 12.1 Å². The van der Waals surface area contributed by atoms with Gasteiger partial charge in [0.25, 0.3) is 0 Å². The first-order chi connectivity index (χ1) is 9.34. The summed E-state index contributed by atoms with van der Waals surface area (Å²) in [5.74, 6) is 0.836.